The van der Waals surface area contributed by atoms with Gasteiger partial charge >= 0.3 is 5.97 Å². The third kappa shape index (κ3) is 8.57. The number of hydrogen-bond acceptors (Lipinski definition) is 11. The van der Waals surface area contributed by atoms with Gasteiger partial charge in [-0.15, -0.1) is 0 Å². The summed E-state index contributed by atoms with van der Waals surface area (Å²) < 4.78 is 54.3. The van der Waals surface area contributed by atoms with Crippen molar-refractivity contribution in [2.24, 2.45) is 0 Å². The number of esters is 1. The van der Waals surface area contributed by atoms with Gasteiger partial charge in [-0.05, 0) is 64.0 Å². The quantitative estimate of drug-likeness (QED) is 0.131. The molecular weight excluding hydrogens is 635 g/mol. The van der Waals surface area contributed by atoms with Crippen molar-refractivity contribution < 1.29 is 37.0 Å². The van der Waals surface area contributed by atoms with Gasteiger partial charge in [0.25, 0.3) is 0 Å². The van der Waals surface area contributed by atoms with Crippen LogP contribution in [0, 0.1) is 0 Å². The number of methoxy groups -OCH3 is 1. The molecule has 3 heterocycles. The Labute approximate surface area is 273 Å². The summed E-state index contributed by atoms with van der Waals surface area (Å²) in [4.78, 5) is 31.5. The van der Waals surface area contributed by atoms with Gasteiger partial charge in [-0.2, -0.15) is 0 Å². The van der Waals surface area contributed by atoms with Gasteiger partial charge in [-0.1, -0.05) is 23.9 Å². The minimum Gasteiger partial charge on any atom is -0.487 e. The van der Waals surface area contributed by atoms with Gasteiger partial charge in [0.1, 0.15) is 16.7 Å². The van der Waals surface area contributed by atoms with Crippen molar-refractivity contribution in [1.82, 2.24) is 19.2 Å². The predicted molar refractivity (Wildman–Crippen MR) is 173 cm³/mol. The van der Waals surface area contributed by atoms with Crippen molar-refractivity contribution in [3.8, 4) is 5.75 Å². The van der Waals surface area contributed by atoms with Crippen LogP contribution in [-0.4, -0.2) is 98.9 Å². The SMILES string of the molecule is CCOC1OC(=O)CC1NS(=O)(=O)c1ccc(NC(=O)CN2CCCC2)cc1O[C@H](C)Cn1c(SCCOC)nc2ccccc21. The lowest BCUT2D eigenvalue weighted by Crippen LogP contribution is -2.41. The van der Waals surface area contributed by atoms with Crippen molar-refractivity contribution in [2.45, 2.75) is 68.1 Å². The molecule has 0 radical (unpaired) electrons. The van der Waals surface area contributed by atoms with Crippen LogP contribution >= 0.6 is 11.8 Å². The number of carbonyl (C=O) groups excluding carboxylic acids is 2. The number of thioether (sulfide) groups is 1. The molecule has 0 aliphatic carbocycles. The molecule has 3 atom stereocenters. The maximum absolute atomic E-state index is 13.8. The highest BCUT2D eigenvalue weighted by Crippen LogP contribution is 2.31. The molecule has 2 fully saturated rings. The van der Waals surface area contributed by atoms with E-state index in [0.717, 1.165) is 42.1 Å². The number of benzene rings is 2. The molecule has 0 saturated carbocycles. The minimum absolute atomic E-state index is 0.0511. The molecule has 2 aliphatic rings. The highest BCUT2D eigenvalue weighted by Gasteiger charge is 2.39. The minimum atomic E-state index is -4.22. The number of likely N-dealkylation sites (tertiary alicyclic amines) is 1. The Balaban J connectivity index is 1.41. The summed E-state index contributed by atoms with van der Waals surface area (Å²) in [5.74, 6) is 0.00550. The molecule has 2 unspecified atom stereocenters. The molecule has 15 heteroatoms. The number of imidazole rings is 1. The lowest BCUT2D eigenvalue weighted by Gasteiger charge is -2.22. The number of fused-ring (bicyclic) bond motifs is 1. The summed E-state index contributed by atoms with van der Waals surface area (Å²) in [5, 5.41) is 3.67. The van der Waals surface area contributed by atoms with Gasteiger partial charge in [0, 0.05) is 31.2 Å². The van der Waals surface area contributed by atoms with E-state index in [0.29, 0.717) is 24.6 Å². The number of anilines is 1. The lowest BCUT2D eigenvalue weighted by atomic mass is 10.2. The van der Waals surface area contributed by atoms with E-state index >= 15 is 0 Å². The smallest absolute Gasteiger partial charge is 0.310 e. The molecule has 3 aromatic rings. The molecule has 2 N–H and O–H groups in total. The third-order valence-corrected chi connectivity index (χ3v) is 10.1. The maximum atomic E-state index is 13.8. The summed E-state index contributed by atoms with van der Waals surface area (Å²) >= 11 is 1.56. The first-order valence-corrected chi connectivity index (χ1v) is 17.9. The predicted octanol–water partition coefficient (Wildman–Crippen LogP) is 3.23. The molecular formula is C31H41N5O8S2. The van der Waals surface area contributed by atoms with Gasteiger partial charge in [0.15, 0.2) is 5.16 Å². The first kappa shape index (κ1) is 34.1. The van der Waals surface area contributed by atoms with E-state index in [-0.39, 0.29) is 36.1 Å². The molecule has 250 valence electrons. The topological polar surface area (TPSA) is 150 Å². The third-order valence-electron chi connectivity index (χ3n) is 7.59. The number of rotatable bonds is 16. The van der Waals surface area contributed by atoms with E-state index in [9.17, 15) is 18.0 Å². The number of nitrogens with zero attached hydrogens (tertiary/aromatic N) is 3. The van der Waals surface area contributed by atoms with Crippen LogP contribution in [0.1, 0.15) is 33.1 Å². The Morgan fingerprint density at radius 2 is 1.98 bits per heavy atom. The fourth-order valence-corrected chi connectivity index (χ4v) is 7.78. The Morgan fingerprint density at radius 3 is 2.74 bits per heavy atom. The average molecular weight is 676 g/mol. The molecule has 0 bridgehead atoms. The van der Waals surface area contributed by atoms with Crippen molar-refractivity contribution in [2.75, 3.05) is 51.0 Å². The van der Waals surface area contributed by atoms with Crippen LogP contribution < -0.4 is 14.8 Å². The van der Waals surface area contributed by atoms with Crippen molar-refractivity contribution in [3.63, 3.8) is 0 Å². The number of ether oxygens (including phenoxy) is 4. The second kappa shape index (κ2) is 15.6. The van der Waals surface area contributed by atoms with Gasteiger partial charge in [0.2, 0.25) is 22.2 Å². The standard InChI is InChI=1S/C31H41N5O8S2/c1-4-42-30-24(18-29(38)44-30)34-46(39,40)27-12-11-22(32-28(37)20-35-13-7-8-14-35)17-26(27)43-21(2)19-36-25-10-6-5-9-23(25)33-31(36)45-16-15-41-3/h5-6,9-12,17,21,24,30,34H,4,7-8,13-16,18-20H2,1-3H3,(H,32,37)/t21-,24?,30?/m1/s1. The van der Waals surface area contributed by atoms with Gasteiger partial charge in [-0.3, -0.25) is 14.5 Å². The zero-order valence-corrected chi connectivity index (χ0v) is 27.9. The Morgan fingerprint density at radius 1 is 1.20 bits per heavy atom. The highest BCUT2D eigenvalue weighted by atomic mass is 32.2. The first-order chi connectivity index (χ1) is 22.2. The van der Waals surface area contributed by atoms with Crippen LogP contribution in [0.5, 0.6) is 5.75 Å². The van der Waals surface area contributed by atoms with E-state index in [4.69, 9.17) is 23.9 Å². The van der Waals surface area contributed by atoms with Gasteiger partial charge in [0.05, 0.1) is 43.2 Å². The van der Waals surface area contributed by atoms with Crippen LogP contribution in [0.25, 0.3) is 11.0 Å². The number of sulfonamides is 1. The molecule has 2 saturated heterocycles. The van der Waals surface area contributed by atoms with E-state index < -0.39 is 34.4 Å². The summed E-state index contributed by atoms with van der Waals surface area (Å²) in [6.07, 6.45) is 0.394. The molecule has 1 aromatic heterocycles. The summed E-state index contributed by atoms with van der Waals surface area (Å²) in [7, 11) is -2.57. The van der Waals surface area contributed by atoms with Gasteiger partial charge < -0.3 is 28.8 Å². The zero-order valence-electron chi connectivity index (χ0n) is 26.3. The zero-order chi connectivity index (χ0) is 32.7. The van der Waals surface area contributed by atoms with Crippen molar-refractivity contribution in [3.05, 3.63) is 42.5 Å². The number of amides is 1. The second-order valence-electron chi connectivity index (χ2n) is 11.2. The van der Waals surface area contributed by atoms with Crippen LogP contribution in [-0.2, 0) is 40.4 Å². The molecule has 0 spiro atoms. The number of hydrogen-bond donors (Lipinski definition) is 2. The van der Waals surface area contributed by atoms with Crippen LogP contribution in [0.3, 0.4) is 0 Å². The Kier molecular flexibility index (Phi) is 11.6. The lowest BCUT2D eigenvalue weighted by molar-refractivity contribution is -0.163. The van der Waals surface area contributed by atoms with E-state index in [1.54, 1.807) is 25.8 Å². The normalized spacial score (nSPS) is 19.4. The maximum Gasteiger partial charge on any atom is 0.310 e. The highest BCUT2D eigenvalue weighted by molar-refractivity contribution is 7.99. The molecule has 13 nitrogen and oxygen atoms in total. The summed E-state index contributed by atoms with van der Waals surface area (Å²) in [5.41, 5.74) is 2.16. The number of carbonyl (C=O) groups is 2. The van der Waals surface area contributed by atoms with E-state index in [1.165, 1.54) is 18.2 Å². The van der Waals surface area contributed by atoms with Gasteiger partial charge in [-0.25, -0.2) is 18.1 Å². The fraction of sp³-hybridized carbons (Fsp3) is 0.516. The number of para-hydroxylation sites is 2. The largest absolute Gasteiger partial charge is 0.487 e. The monoisotopic (exact) mass is 675 g/mol. The number of nitrogens with one attached hydrogen (secondary N) is 2. The Bertz CT molecular complexity index is 1630. The molecule has 46 heavy (non-hydrogen) atoms. The van der Waals surface area contributed by atoms with E-state index in [1.807, 2.05) is 35.8 Å². The van der Waals surface area contributed by atoms with Crippen molar-refractivity contribution in [1.29, 1.82) is 0 Å². The van der Waals surface area contributed by atoms with Crippen LogP contribution in [0.2, 0.25) is 0 Å². The molecule has 2 aromatic carbocycles. The first-order valence-electron chi connectivity index (χ1n) is 15.4. The summed E-state index contributed by atoms with van der Waals surface area (Å²) in [6, 6.07) is 11.3. The molecule has 5 rings (SSSR count). The van der Waals surface area contributed by atoms with Crippen molar-refractivity contribution >= 4 is 50.4 Å². The van der Waals surface area contributed by atoms with E-state index in [2.05, 4.69) is 14.9 Å². The summed E-state index contributed by atoms with van der Waals surface area (Å²) in [6.45, 7) is 6.72. The average Bonchev–Trinajstić information content (AvgIpc) is 3.73. The van der Waals surface area contributed by atoms with Crippen LogP contribution in [0.15, 0.2) is 52.5 Å². The van der Waals surface area contributed by atoms with Crippen LogP contribution in [0.4, 0.5) is 5.69 Å². The number of cyclic esters (lactones) is 1. The molecule has 1 amide bonds. The second-order valence-corrected chi connectivity index (χ2v) is 13.9. The fourth-order valence-electron chi connectivity index (χ4n) is 5.52. The number of aromatic nitrogens is 2. The molecule has 2 aliphatic heterocycles. The Hall–Kier alpha value is -3.21.